The third kappa shape index (κ3) is 2.58. The number of hydrogen-bond donors (Lipinski definition) is 0. The largest absolute Gasteiger partial charge is 0.469 e. The van der Waals surface area contributed by atoms with Crippen molar-refractivity contribution in [2.24, 2.45) is 0 Å². The molecule has 0 saturated heterocycles. The standard InChI is InChI=1S/C10H15N2O2/c1-8-9(2)12(7-11-8)6-4-5-10(13)14-3/h4-6H2,1-3H3. The summed E-state index contributed by atoms with van der Waals surface area (Å²) in [5, 5.41) is 0. The molecule has 0 unspecified atom stereocenters. The number of carbonyl (C=O) groups is 1. The van der Waals surface area contributed by atoms with Crippen molar-refractivity contribution in [3.05, 3.63) is 17.7 Å². The van der Waals surface area contributed by atoms with Crippen LogP contribution in [0.15, 0.2) is 0 Å². The molecule has 1 radical (unpaired) electrons. The number of hydrogen-bond acceptors (Lipinski definition) is 3. The summed E-state index contributed by atoms with van der Waals surface area (Å²) in [7, 11) is 1.40. The van der Waals surface area contributed by atoms with Gasteiger partial charge in [0.05, 0.1) is 12.8 Å². The average Bonchev–Trinajstić information content (AvgIpc) is 2.49. The number of aryl methyl sites for hydroxylation is 2. The predicted molar refractivity (Wildman–Crippen MR) is 51.8 cm³/mol. The van der Waals surface area contributed by atoms with Crippen LogP contribution in [0.3, 0.4) is 0 Å². The summed E-state index contributed by atoms with van der Waals surface area (Å²) in [5.41, 5.74) is 2.10. The van der Waals surface area contributed by atoms with Gasteiger partial charge in [0.2, 0.25) is 0 Å². The molecule has 4 nitrogen and oxygen atoms in total. The van der Waals surface area contributed by atoms with Crippen LogP contribution in [0.25, 0.3) is 0 Å². The Labute approximate surface area is 83.9 Å². The topological polar surface area (TPSA) is 44.1 Å². The predicted octanol–water partition coefficient (Wildman–Crippen LogP) is 1.25. The van der Waals surface area contributed by atoms with E-state index in [2.05, 4.69) is 16.0 Å². The van der Waals surface area contributed by atoms with Crippen molar-refractivity contribution in [3.8, 4) is 0 Å². The van der Waals surface area contributed by atoms with Gasteiger partial charge in [-0.15, -0.1) is 0 Å². The number of ether oxygens (including phenoxy) is 1. The van der Waals surface area contributed by atoms with E-state index in [4.69, 9.17) is 0 Å². The van der Waals surface area contributed by atoms with Crippen molar-refractivity contribution in [2.45, 2.75) is 33.2 Å². The van der Waals surface area contributed by atoms with Crippen LogP contribution in [0.2, 0.25) is 0 Å². The first-order chi connectivity index (χ1) is 6.65. The summed E-state index contributed by atoms with van der Waals surface area (Å²) < 4.78 is 6.48. The number of carbonyl (C=O) groups excluding carboxylic acids is 1. The zero-order valence-corrected chi connectivity index (χ0v) is 8.83. The highest BCUT2D eigenvalue weighted by Gasteiger charge is 2.04. The molecular formula is C10H15N2O2. The number of aromatic nitrogens is 2. The van der Waals surface area contributed by atoms with Gasteiger partial charge in [0.15, 0.2) is 6.33 Å². The van der Waals surface area contributed by atoms with E-state index < -0.39 is 0 Å². The number of rotatable bonds is 4. The second-order valence-electron chi connectivity index (χ2n) is 3.21. The van der Waals surface area contributed by atoms with E-state index in [9.17, 15) is 4.79 Å². The quantitative estimate of drug-likeness (QED) is 0.679. The van der Waals surface area contributed by atoms with Crippen molar-refractivity contribution in [2.75, 3.05) is 7.11 Å². The van der Waals surface area contributed by atoms with E-state index in [0.717, 1.165) is 24.4 Å². The highest BCUT2D eigenvalue weighted by Crippen LogP contribution is 2.05. The highest BCUT2D eigenvalue weighted by atomic mass is 16.5. The molecule has 0 saturated carbocycles. The third-order valence-corrected chi connectivity index (χ3v) is 2.26. The molecule has 0 bridgehead atoms. The van der Waals surface area contributed by atoms with Crippen LogP contribution in [0.1, 0.15) is 24.2 Å². The SMILES string of the molecule is COC(=O)CCCn1[c]nc(C)c1C. The Kier molecular flexibility index (Phi) is 3.68. The van der Waals surface area contributed by atoms with Crippen molar-refractivity contribution in [1.29, 1.82) is 0 Å². The van der Waals surface area contributed by atoms with E-state index in [0.29, 0.717) is 6.42 Å². The minimum atomic E-state index is -0.167. The fraction of sp³-hybridized carbons (Fsp3) is 0.600. The summed E-state index contributed by atoms with van der Waals surface area (Å²) in [6, 6.07) is 0. The van der Waals surface area contributed by atoms with Crippen LogP contribution in [0, 0.1) is 20.2 Å². The maximum atomic E-state index is 10.8. The van der Waals surface area contributed by atoms with Gasteiger partial charge in [0.25, 0.3) is 0 Å². The van der Waals surface area contributed by atoms with Crippen LogP contribution in [0.5, 0.6) is 0 Å². The Bertz CT molecular complexity index is 318. The monoisotopic (exact) mass is 195 g/mol. The average molecular weight is 195 g/mol. The number of nitrogens with zero attached hydrogens (tertiary/aromatic N) is 2. The molecule has 4 heteroatoms. The number of methoxy groups -OCH3 is 1. The molecule has 1 heterocycles. The Balaban J connectivity index is 2.39. The van der Waals surface area contributed by atoms with Crippen LogP contribution in [-0.2, 0) is 16.1 Å². The molecule has 0 aromatic carbocycles. The summed E-state index contributed by atoms with van der Waals surface area (Å²) >= 11 is 0. The molecule has 0 fully saturated rings. The van der Waals surface area contributed by atoms with Gasteiger partial charge >= 0.3 is 5.97 Å². The fourth-order valence-corrected chi connectivity index (χ4v) is 1.19. The molecule has 14 heavy (non-hydrogen) atoms. The van der Waals surface area contributed by atoms with Gasteiger partial charge in [0, 0.05) is 18.7 Å². The maximum Gasteiger partial charge on any atom is 0.305 e. The van der Waals surface area contributed by atoms with E-state index >= 15 is 0 Å². The number of imidazole rings is 1. The molecule has 0 N–H and O–H groups in total. The summed E-state index contributed by atoms with van der Waals surface area (Å²) in [6.07, 6.45) is 4.09. The van der Waals surface area contributed by atoms with Gasteiger partial charge in [-0.1, -0.05) is 0 Å². The molecule has 77 valence electrons. The van der Waals surface area contributed by atoms with E-state index in [1.54, 1.807) is 0 Å². The number of esters is 1. The molecule has 0 atom stereocenters. The normalized spacial score (nSPS) is 10.2. The van der Waals surface area contributed by atoms with Crippen LogP contribution in [-0.4, -0.2) is 22.6 Å². The second-order valence-corrected chi connectivity index (χ2v) is 3.21. The Morgan fingerprint density at radius 2 is 2.29 bits per heavy atom. The van der Waals surface area contributed by atoms with Gasteiger partial charge in [-0.3, -0.25) is 4.79 Å². The lowest BCUT2D eigenvalue weighted by Gasteiger charge is -2.03. The fourth-order valence-electron chi connectivity index (χ4n) is 1.19. The lowest BCUT2D eigenvalue weighted by atomic mass is 10.3. The van der Waals surface area contributed by atoms with Crippen LogP contribution < -0.4 is 0 Å². The second kappa shape index (κ2) is 4.79. The van der Waals surface area contributed by atoms with Gasteiger partial charge in [-0.2, -0.15) is 0 Å². The van der Waals surface area contributed by atoms with Crippen LogP contribution >= 0.6 is 0 Å². The summed E-state index contributed by atoms with van der Waals surface area (Å²) in [5.74, 6) is -0.167. The van der Waals surface area contributed by atoms with Gasteiger partial charge in [-0.25, -0.2) is 4.98 Å². The molecule has 0 aliphatic carbocycles. The van der Waals surface area contributed by atoms with E-state index in [1.807, 2.05) is 18.4 Å². The Morgan fingerprint density at radius 1 is 1.57 bits per heavy atom. The molecular weight excluding hydrogens is 180 g/mol. The molecule has 0 amide bonds. The minimum absolute atomic E-state index is 0.167. The molecule has 1 aromatic rings. The summed E-state index contributed by atoms with van der Waals surface area (Å²) in [6.45, 7) is 4.71. The third-order valence-electron chi connectivity index (χ3n) is 2.26. The lowest BCUT2D eigenvalue weighted by molar-refractivity contribution is -0.140. The van der Waals surface area contributed by atoms with E-state index in [1.165, 1.54) is 7.11 Å². The van der Waals surface area contributed by atoms with Crippen molar-refractivity contribution < 1.29 is 9.53 Å². The maximum absolute atomic E-state index is 10.8. The molecule has 1 rings (SSSR count). The smallest absolute Gasteiger partial charge is 0.305 e. The minimum Gasteiger partial charge on any atom is -0.469 e. The molecule has 0 aliphatic heterocycles. The first-order valence-corrected chi connectivity index (χ1v) is 4.63. The van der Waals surface area contributed by atoms with Gasteiger partial charge < -0.3 is 9.30 Å². The molecule has 1 aromatic heterocycles. The van der Waals surface area contributed by atoms with E-state index in [-0.39, 0.29) is 5.97 Å². The van der Waals surface area contributed by atoms with Gasteiger partial charge in [-0.05, 0) is 20.3 Å². The molecule has 0 spiro atoms. The Hall–Kier alpha value is -1.32. The first-order valence-electron chi connectivity index (χ1n) is 4.63. The zero-order chi connectivity index (χ0) is 10.6. The van der Waals surface area contributed by atoms with Crippen molar-refractivity contribution in [3.63, 3.8) is 0 Å². The van der Waals surface area contributed by atoms with Crippen molar-refractivity contribution >= 4 is 5.97 Å². The zero-order valence-electron chi connectivity index (χ0n) is 8.83. The van der Waals surface area contributed by atoms with Crippen LogP contribution in [0.4, 0.5) is 0 Å². The highest BCUT2D eigenvalue weighted by molar-refractivity contribution is 5.68. The Morgan fingerprint density at radius 3 is 2.79 bits per heavy atom. The van der Waals surface area contributed by atoms with Crippen molar-refractivity contribution in [1.82, 2.24) is 9.55 Å². The van der Waals surface area contributed by atoms with Gasteiger partial charge in [0.1, 0.15) is 0 Å². The lowest BCUT2D eigenvalue weighted by Crippen LogP contribution is -2.04. The first kappa shape index (κ1) is 10.8. The molecule has 0 aliphatic rings. The summed E-state index contributed by atoms with van der Waals surface area (Å²) in [4.78, 5) is 14.9.